The predicted octanol–water partition coefficient (Wildman–Crippen LogP) is 5.33. The van der Waals surface area contributed by atoms with Crippen LogP contribution in [0, 0.1) is 0 Å². The topological polar surface area (TPSA) is 57.7 Å². The van der Waals surface area contributed by atoms with Crippen molar-refractivity contribution in [2.45, 2.75) is 11.8 Å². The van der Waals surface area contributed by atoms with Gasteiger partial charge in [0.15, 0.2) is 0 Å². The van der Waals surface area contributed by atoms with Crippen LogP contribution in [0.5, 0.6) is 0 Å². The monoisotopic (exact) mass is 444 g/mol. The predicted molar refractivity (Wildman–Crippen MR) is 130 cm³/mol. The van der Waals surface area contributed by atoms with Crippen LogP contribution in [-0.4, -0.2) is 27.9 Å². The molecule has 0 aromatic heterocycles. The number of hydrogen-bond donors (Lipinski definition) is 0. The average molecular weight is 445 g/mol. The minimum Gasteiger partial charge on any atom is -0.308 e. The van der Waals surface area contributed by atoms with Crippen molar-refractivity contribution < 1.29 is 13.2 Å². The number of rotatable bonds is 6. The molecule has 4 aromatic carbocycles. The fourth-order valence-corrected chi connectivity index (χ4v) is 4.99. The minimum absolute atomic E-state index is 0.0728. The molecular formula is C26H24N2O3S. The lowest BCUT2D eigenvalue weighted by molar-refractivity contribution is 0.0988. The summed E-state index contributed by atoms with van der Waals surface area (Å²) < 4.78 is 27.6. The van der Waals surface area contributed by atoms with E-state index in [4.69, 9.17) is 0 Å². The Labute approximate surface area is 188 Å². The molecule has 0 fully saturated rings. The maximum Gasteiger partial charge on any atom is 0.264 e. The maximum atomic E-state index is 13.5. The quantitative estimate of drug-likeness (QED) is 0.404. The van der Waals surface area contributed by atoms with Crippen LogP contribution in [-0.2, 0) is 10.0 Å². The zero-order chi connectivity index (χ0) is 22.7. The van der Waals surface area contributed by atoms with E-state index in [1.165, 1.54) is 23.5 Å². The van der Waals surface area contributed by atoms with E-state index in [2.05, 4.69) is 0 Å². The smallest absolute Gasteiger partial charge is 0.264 e. The summed E-state index contributed by atoms with van der Waals surface area (Å²) in [5, 5.41) is 2.01. The lowest BCUT2D eigenvalue weighted by Gasteiger charge is -2.24. The third-order valence-electron chi connectivity index (χ3n) is 5.48. The van der Waals surface area contributed by atoms with Gasteiger partial charge in [-0.25, -0.2) is 8.42 Å². The van der Waals surface area contributed by atoms with Crippen molar-refractivity contribution in [1.82, 2.24) is 0 Å². The van der Waals surface area contributed by atoms with Gasteiger partial charge in [-0.3, -0.25) is 9.10 Å². The molecule has 5 nitrogen and oxygen atoms in total. The molecule has 0 aliphatic heterocycles. The van der Waals surface area contributed by atoms with Crippen molar-refractivity contribution in [2.75, 3.05) is 22.8 Å². The van der Waals surface area contributed by atoms with Crippen LogP contribution in [0.2, 0.25) is 0 Å². The van der Waals surface area contributed by atoms with Crippen molar-refractivity contribution in [3.8, 4) is 0 Å². The number of hydrogen-bond acceptors (Lipinski definition) is 3. The summed E-state index contributed by atoms with van der Waals surface area (Å²) in [4.78, 5) is 15.2. The number of para-hydroxylation sites is 1. The highest BCUT2D eigenvalue weighted by Gasteiger charge is 2.24. The van der Waals surface area contributed by atoms with Crippen molar-refractivity contribution in [3.63, 3.8) is 0 Å². The van der Waals surface area contributed by atoms with Gasteiger partial charge in [-0.05, 0) is 48.7 Å². The normalized spacial score (nSPS) is 11.3. The van der Waals surface area contributed by atoms with E-state index < -0.39 is 10.0 Å². The highest BCUT2D eigenvalue weighted by molar-refractivity contribution is 7.92. The van der Waals surface area contributed by atoms with E-state index in [-0.39, 0.29) is 10.8 Å². The number of carbonyl (C=O) groups excluding carboxylic acids is 1. The number of fused-ring (bicyclic) bond motifs is 1. The molecule has 4 rings (SSSR count). The third kappa shape index (κ3) is 3.97. The second kappa shape index (κ2) is 8.85. The van der Waals surface area contributed by atoms with Gasteiger partial charge >= 0.3 is 0 Å². The number of sulfonamides is 1. The van der Waals surface area contributed by atoms with Crippen LogP contribution in [0.3, 0.4) is 0 Å². The molecular weight excluding hydrogens is 420 g/mol. The maximum absolute atomic E-state index is 13.5. The fourth-order valence-electron chi connectivity index (χ4n) is 3.75. The van der Waals surface area contributed by atoms with Crippen LogP contribution in [0.1, 0.15) is 17.3 Å². The number of nitrogens with zero attached hydrogens (tertiary/aromatic N) is 2. The summed E-state index contributed by atoms with van der Waals surface area (Å²) in [6.45, 7) is 2.36. The Kier molecular flexibility index (Phi) is 5.97. The molecule has 0 saturated carbocycles. The molecule has 0 aliphatic rings. The van der Waals surface area contributed by atoms with Gasteiger partial charge in [0.25, 0.3) is 15.9 Å². The van der Waals surface area contributed by atoms with Gasteiger partial charge in [0.2, 0.25) is 0 Å². The minimum atomic E-state index is -3.82. The Balaban J connectivity index is 1.71. The molecule has 0 saturated heterocycles. The summed E-state index contributed by atoms with van der Waals surface area (Å²) in [6, 6.07) is 28.8. The van der Waals surface area contributed by atoms with Gasteiger partial charge < -0.3 is 4.90 Å². The molecule has 0 spiro atoms. The van der Waals surface area contributed by atoms with Crippen LogP contribution >= 0.6 is 0 Å². The second-order valence-electron chi connectivity index (χ2n) is 7.38. The van der Waals surface area contributed by atoms with Gasteiger partial charge in [-0.15, -0.1) is 0 Å². The molecule has 0 aliphatic carbocycles. The standard InChI is InChI=1S/C26H24N2O3S/c1-3-28(25-18-10-12-20-11-7-8-17-24(20)25)26(29)21-13-9-16-23(19-21)32(30,31)27(2)22-14-5-4-6-15-22/h4-19H,3H2,1-2H3. The lowest BCUT2D eigenvalue weighted by atomic mass is 10.1. The van der Waals surface area contributed by atoms with Crippen LogP contribution in [0.15, 0.2) is 102 Å². The molecule has 0 heterocycles. The van der Waals surface area contributed by atoms with Gasteiger partial charge in [-0.2, -0.15) is 0 Å². The molecule has 6 heteroatoms. The Bertz CT molecular complexity index is 1360. The number of benzene rings is 4. The zero-order valence-corrected chi connectivity index (χ0v) is 18.8. The first-order valence-corrected chi connectivity index (χ1v) is 11.8. The van der Waals surface area contributed by atoms with E-state index in [9.17, 15) is 13.2 Å². The van der Waals surface area contributed by atoms with Gasteiger partial charge in [0.1, 0.15) is 0 Å². The summed E-state index contributed by atoms with van der Waals surface area (Å²) >= 11 is 0. The van der Waals surface area contributed by atoms with Crippen molar-refractivity contribution in [2.24, 2.45) is 0 Å². The molecule has 0 bridgehead atoms. The zero-order valence-electron chi connectivity index (χ0n) is 18.0. The molecule has 32 heavy (non-hydrogen) atoms. The van der Waals surface area contributed by atoms with E-state index in [0.29, 0.717) is 17.8 Å². The van der Waals surface area contributed by atoms with Crippen molar-refractivity contribution >= 4 is 38.1 Å². The average Bonchev–Trinajstić information content (AvgIpc) is 2.84. The lowest BCUT2D eigenvalue weighted by Crippen LogP contribution is -2.31. The van der Waals surface area contributed by atoms with Crippen LogP contribution in [0.25, 0.3) is 10.8 Å². The first-order valence-electron chi connectivity index (χ1n) is 10.4. The van der Waals surface area contributed by atoms with Gasteiger partial charge in [0, 0.05) is 24.5 Å². The van der Waals surface area contributed by atoms with Crippen LogP contribution in [0.4, 0.5) is 11.4 Å². The molecule has 0 radical (unpaired) electrons. The fraction of sp³-hybridized carbons (Fsp3) is 0.115. The van der Waals surface area contributed by atoms with Crippen molar-refractivity contribution in [1.29, 1.82) is 0 Å². The Morgan fingerprint density at radius 3 is 2.22 bits per heavy atom. The van der Waals surface area contributed by atoms with E-state index in [1.54, 1.807) is 41.3 Å². The molecule has 162 valence electrons. The van der Waals surface area contributed by atoms with E-state index in [0.717, 1.165) is 16.5 Å². The molecule has 1 amide bonds. The molecule has 0 atom stereocenters. The summed E-state index contributed by atoms with van der Waals surface area (Å²) in [6.07, 6.45) is 0. The third-order valence-corrected chi connectivity index (χ3v) is 7.26. The van der Waals surface area contributed by atoms with Crippen molar-refractivity contribution in [3.05, 3.63) is 103 Å². The highest BCUT2D eigenvalue weighted by Crippen LogP contribution is 2.29. The number of anilines is 2. The summed E-state index contributed by atoms with van der Waals surface area (Å²) in [5.41, 5.74) is 1.67. The first-order chi connectivity index (χ1) is 15.4. The molecule has 4 aromatic rings. The Morgan fingerprint density at radius 2 is 1.47 bits per heavy atom. The largest absolute Gasteiger partial charge is 0.308 e. The molecule has 0 N–H and O–H groups in total. The Hall–Kier alpha value is -3.64. The Morgan fingerprint density at radius 1 is 0.812 bits per heavy atom. The van der Waals surface area contributed by atoms with E-state index >= 15 is 0 Å². The van der Waals surface area contributed by atoms with Gasteiger partial charge in [0.05, 0.1) is 16.3 Å². The van der Waals surface area contributed by atoms with E-state index in [1.807, 2.05) is 55.5 Å². The number of carbonyl (C=O) groups is 1. The number of amides is 1. The van der Waals surface area contributed by atoms with Gasteiger partial charge in [-0.1, -0.05) is 60.7 Å². The summed E-state index contributed by atoms with van der Waals surface area (Å²) in [7, 11) is -2.31. The SMILES string of the molecule is CCN(C(=O)c1cccc(S(=O)(=O)N(C)c2ccccc2)c1)c1cccc2ccccc12. The second-order valence-corrected chi connectivity index (χ2v) is 9.35. The first kappa shape index (κ1) is 21.6. The van der Waals surface area contributed by atoms with Crippen LogP contribution < -0.4 is 9.21 Å². The highest BCUT2D eigenvalue weighted by atomic mass is 32.2. The summed E-state index contributed by atoms with van der Waals surface area (Å²) in [5.74, 6) is -0.247. The molecule has 0 unspecified atom stereocenters.